The van der Waals surface area contributed by atoms with Crippen LogP contribution in [0.25, 0.3) is 0 Å². The first kappa shape index (κ1) is 16.5. The fourth-order valence-corrected chi connectivity index (χ4v) is 2.32. The molecule has 1 atom stereocenters. The van der Waals surface area contributed by atoms with Crippen LogP contribution in [0.3, 0.4) is 0 Å². The van der Waals surface area contributed by atoms with Crippen molar-refractivity contribution in [3.63, 3.8) is 0 Å². The molecule has 22 heavy (non-hydrogen) atoms. The number of hydrogen-bond donors (Lipinski definition) is 0. The number of ether oxygens (including phenoxy) is 1. The minimum absolute atomic E-state index is 0.171. The van der Waals surface area contributed by atoms with Crippen molar-refractivity contribution >= 4 is 0 Å². The minimum atomic E-state index is -0.822. The highest BCUT2D eigenvalue weighted by atomic mass is 19.2. The van der Waals surface area contributed by atoms with Gasteiger partial charge in [0, 0.05) is 5.41 Å². The predicted molar refractivity (Wildman–Crippen MR) is 85.3 cm³/mol. The Morgan fingerprint density at radius 1 is 0.955 bits per heavy atom. The van der Waals surface area contributed by atoms with Crippen LogP contribution in [0.2, 0.25) is 0 Å². The summed E-state index contributed by atoms with van der Waals surface area (Å²) in [6.07, 6.45) is 1.12. The van der Waals surface area contributed by atoms with Gasteiger partial charge in [0.25, 0.3) is 0 Å². The Bertz CT molecular complexity index is 632. The second-order valence-corrected chi connectivity index (χ2v) is 6.11. The van der Waals surface area contributed by atoms with Crippen molar-refractivity contribution in [3.8, 4) is 5.75 Å². The molecule has 2 aromatic carbocycles. The molecule has 0 bridgehead atoms. The number of rotatable bonds is 5. The number of hydrogen-bond acceptors (Lipinski definition) is 1. The molecule has 0 amide bonds. The summed E-state index contributed by atoms with van der Waals surface area (Å²) in [4.78, 5) is 0. The van der Waals surface area contributed by atoms with Gasteiger partial charge < -0.3 is 4.74 Å². The molecule has 0 radical (unpaired) electrons. The fraction of sp³-hybridized carbons (Fsp3) is 0.368. The van der Waals surface area contributed by atoms with Crippen LogP contribution < -0.4 is 4.74 Å². The second-order valence-electron chi connectivity index (χ2n) is 6.11. The summed E-state index contributed by atoms with van der Waals surface area (Å²) in [7, 11) is 0. The molecule has 2 aromatic rings. The van der Waals surface area contributed by atoms with Crippen LogP contribution >= 0.6 is 0 Å². The Kier molecular flexibility index (Phi) is 4.84. The summed E-state index contributed by atoms with van der Waals surface area (Å²) in [5.41, 5.74) is 1.35. The van der Waals surface area contributed by atoms with E-state index >= 15 is 0 Å². The third kappa shape index (κ3) is 3.46. The molecule has 0 fully saturated rings. The number of benzene rings is 2. The van der Waals surface area contributed by atoms with Gasteiger partial charge in [-0.25, -0.2) is 8.78 Å². The molecule has 0 aromatic heterocycles. The normalized spacial score (nSPS) is 13.0. The average Bonchev–Trinajstić information content (AvgIpc) is 2.50. The first-order chi connectivity index (χ1) is 10.3. The molecule has 1 unspecified atom stereocenters. The summed E-state index contributed by atoms with van der Waals surface area (Å²) < 4.78 is 32.3. The first-order valence-corrected chi connectivity index (χ1v) is 7.57. The molecular weight excluding hydrogens is 282 g/mol. The molecule has 0 aliphatic rings. The Balaban J connectivity index is 2.27. The Hall–Kier alpha value is -1.90. The summed E-state index contributed by atoms with van der Waals surface area (Å²) in [5.74, 6) is -0.821. The lowest BCUT2D eigenvalue weighted by Gasteiger charge is -2.26. The van der Waals surface area contributed by atoms with E-state index in [0.717, 1.165) is 23.3 Å². The van der Waals surface area contributed by atoms with Crippen molar-refractivity contribution in [2.45, 2.75) is 45.6 Å². The van der Waals surface area contributed by atoms with E-state index in [1.165, 1.54) is 12.1 Å². The molecule has 1 nitrogen and oxygen atoms in total. The first-order valence-electron chi connectivity index (χ1n) is 7.57. The van der Waals surface area contributed by atoms with Gasteiger partial charge in [0.05, 0.1) is 6.10 Å². The monoisotopic (exact) mass is 304 g/mol. The molecule has 118 valence electrons. The molecule has 0 spiro atoms. The van der Waals surface area contributed by atoms with Gasteiger partial charge >= 0.3 is 0 Å². The van der Waals surface area contributed by atoms with Crippen LogP contribution in [0.15, 0.2) is 42.5 Å². The van der Waals surface area contributed by atoms with Gasteiger partial charge in [-0.2, -0.15) is 0 Å². The van der Waals surface area contributed by atoms with Gasteiger partial charge in [-0.15, -0.1) is 0 Å². The summed E-state index contributed by atoms with van der Waals surface area (Å²) in [6, 6.07) is 11.8. The zero-order valence-electron chi connectivity index (χ0n) is 13.5. The molecule has 3 heteroatoms. The van der Waals surface area contributed by atoms with E-state index in [1.807, 2.05) is 45.0 Å². The maximum absolute atomic E-state index is 13.5. The lowest BCUT2D eigenvalue weighted by molar-refractivity contribution is 0.217. The van der Waals surface area contributed by atoms with Crippen LogP contribution in [0.1, 0.15) is 45.2 Å². The molecule has 0 saturated carbocycles. The predicted octanol–water partition coefficient (Wildman–Crippen LogP) is 5.47. The van der Waals surface area contributed by atoms with Crippen LogP contribution in [0, 0.1) is 11.6 Å². The van der Waals surface area contributed by atoms with Crippen molar-refractivity contribution in [3.05, 3.63) is 65.2 Å². The van der Waals surface area contributed by atoms with Crippen LogP contribution in [-0.2, 0) is 5.41 Å². The molecular formula is C19H22F2O. The van der Waals surface area contributed by atoms with Gasteiger partial charge in [-0.3, -0.25) is 0 Å². The Morgan fingerprint density at radius 2 is 1.55 bits per heavy atom. The quantitative estimate of drug-likeness (QED) is 0.712. The van der Waals surface area contributed by atoms with Crippen LogP contribution in [0.4, 0.5) is 8.78 Å². The van der Waals surface area contributed by atoms with E-state index in [2.05, 4.69) is 6.92 Å². The largest absolute Gasteiger partial charge is 0.491 e. The third-order valence-electron chi connectivity index (χ3n) is 4.13. The van der Waals surface area contributed by atoms with Gasteiger partial charge in [-0.1, -0.05) is 39.0 Å². The highest BCUT2D eigenvalue weighted by Crippen LogP contribution is 2.33. The van der Waals surface area contributed by atoms with Crippen molar-refractivity contribution in [1.82, 2.24) is 0 Å². The minimum Gasteiger partial charge on any atom is -0.491 e. The second kappa shape index (κ2) is 6.47. The van der Waals surface area contributed by atoms with Gasteiger partial charge in [0.1, 0.15) is 5.75 Å². The zero-order chi connectivity index (χ0) is 16.3. The fourth-order valence-electron chi connectivity index (χ4n) is 2.32. The van der Waals surface area contributed by atoms with Crippen molar-refractivity contribution in [2.75, 3.05) is 0 Å². The summed E-state index contributed by atoms with van der Waals surface area (Å²) in [5, 5.41) is 0. The van der Waals surface area contributed by atoms with E-state index < -0.39 is 17.0 Å². The molecule has 0 aliphatic carbocycles. The lowest BCUT2D eigenvalue weighted by Crippen LogP contribution is -2.19. The molecule has 0 aliphatic heterocycles. The van der Waals surface area contributed by atoms with E-state index in [-0.39, 0.29) is 6.10 Å². The Morgan fingerprint density at radius 3 is 2.09 bits per heavy atom. The van der Waals surface area contributed by atoms with Crippen LogP contribution in [0.5, 0.6) is 5.75 Å². The van der Waals surface area contributed by atoms with Gasteiger partial charge in [-0.05, 0) is 48.7 Å². The van der Waals surface area contributed by atoms with E-state index in [0.29, 0.717) is 0 Å². The summed E-state index contributed by atoms with van der Waals surface area (Å²) >= 11 is 0. The maximum atomic E-state index is 13.5. The van der Waals surface area contributed by atoms with E-state index in [4.69, 9.17) is 4.74 Å². The highest BCUT2D eigenvalue weighted by molar-refractivity contribution is 5.40. The van der Waals surface area contributed by atoms with E-state index in [9.17, 15) is 8.78 Å². The van der Waals surface area contributed by atoms with Gasteiger partial charge in [0.2, 0.25) is 0 Å². The highest BCUT2D eigenvalue weighted by Gasteiger charge is 2.24. The molecule has 0 heterocycles. The lowest BCUT2D eigenvalue weighted by atomic mass is 9.78. The third-order valence-corrected chi connectivity index (χ3v) is 4.13. The van der Waals surface area contributed by atoms with E-state index in [1.54, 1.807) is 6.07 Å². The van der Waals surface area contributed by atoms with Crippen LogP contribution in [-0.4, -0.2) is 6.10 Å². The average molecular weight is 304 g/mol. The maximum Gasteiger partial charge on any atom is 0.159 e. The smallest absolute Gasteiger partial charge is 0.159 e. The molecule has 0 N–H and O–H groups in total. The topological polar surface area (TPSA) is 9.23 Å². The Labute approximate surface area is 130 Å². The zero-order valence-corrected chi connectivity index (χ0v) is 13.5. The van der Waals surface area contributed by atoms with Crippen molar-refractivity contribution in [2.24, 2.45) is 0 Å². The van der Waals surface area contributed by atoms with Gasteiger partial charge in [0.15, 0.2) is 11.6 Å². The van der Waals surface area contributed by atoms with Crippen molar-refractivity contribution in [1.29, 1.82) is 0 Å². The summed E-state index contributed by atoms with van der Waals surface area (Å²) in [6.45, 7) is 8.08. The standard InChI is InChI=1S/C19H22F2O/c1-5-13(2)22-16-9-6-14(7-10-16)19(3,4)15-8-11-17(20)18(21)12-15/h6-13H,5H2,1-4H3. The van der Waals surface area contributed by atoms with Crippen molar-refractivity contribution < 1.29 is 13.5 Å². The molecule has 0 saturated heterocycles. The molecule has 2 rings (SSSR count). The number of halogens is 2. The SMILES string of the molecule is CCC(C)Oc1ccc(C(C)(C)c2ccc(F)c(F)c2)cc1.